The summed E-state index contributed by atoms with van der Waals surface area (Å²) < 4.78 is 40.0. The van der Waals surface area contributed by atoms with Crippen LogP contribution < -0.4 is 11.2 Å². The lowest BCUT2D eigenvalue weighted by Crippen LogP contribution is -2.39. The van der Waals surface area contributed by atoms with E-state index in [1.165, 1.54) is 7.05 Å². The number of hydrogen-bond donors (Lipinski definition) is 0. The van der Waals surface area contributed by atoms with Gasteiger partial charge < -0.3 is 0 Å². The van der Waals surface area contributed by atoms with Crippen LogP contribution in [0.15, 0.2) is 21.7 Å². The van der Waals surface area contributed by atoms with Crippen molar-refractivity contribution in [2.24, 2.45) is 7.05 Å². The average molecular weight is 301 g/mol. The summed E-state index contributed by atoms with van der Waals surface area (Å²) in [6, 6.07) is 1.81. The van der Waals surface area contributed by atoms with E-state index in [1.807, 2.05) is 6.92 Å². The highest BCUT2D eigenvalue weighted by Crippen LogP contribution is 2.28. The Morgan fingerprint density at radius 3 is 2.48 bits per heavy atom. The first-order valence-corrected chi connectivity index (χ1v) is 6.45. The second kappa shape index (κ2) is 5.34. The first kappa shape index (κ1) is 15.3. The third-order valence-corrected chi connectivity index (χ3v) is 3.21. The molecule has 2 rings (SSSR count). The van der Waals surface area contributed by atoms with Gasteiger partial charge in [-0.1, -0.05) is 13.3 Å². The number of aromatic nitrogens is 3. The molecule has 8 heteroatoms. The van der Waals surface area contributed by atoms with E-state index in [1.54, 1.807) is 0 Å². The fourth-order valence-electron chi connectivity index (χ4n) is 2.05. The van der Waals surface area contributed by atoms with Crippen LogP contribution in [0.3, 0.4) is 0 Å². The number of fused-ring (bicyclic) bond motifs is 1. The molecule has 0 saturated carbocycles. The predicted octanol–water partition coefficient (Wildman–Crippen LogP) is 1.91. The third-order valence-electron chi connectivity index (χ3n) is 3.21. The number of aryl methyl sites for hydroxylation is 1. The fraction of sp³-hybridized carbons (Fsp3) is 0.462. The molecule has 2 aromatic rings. The Bertz CT molecular complexity index is 790. The van der Waals surface area contributed by atoms with Crippen LogP contribution in [0.5, 0.6) is 0 Å². The van der Waals surface area contributed by atoms with E-state index in [9.17, 15) is 22.8 Å². The van der Waals surface area contributed by atoms with Crippen molar-refractivity contribution >= 4 is 11.0 Å². The van der Waals surface area contributed by atoms with E-state index in [-0.39, 0.29) is 17.6 Å². The molecule has 0 radical (unpaired) electrons. The molecule has 0 saturated heterocycles. The molecule has 2 aromatic heterocycles. The van der Waals surface area contributed by atoms with E-state index < -0.39 is 23.1 Å². The monoisotopic (exact) mass is 301 g/mol. The number of rotatable bonds is 3. The molecule has 0 aromatic carbocycles. The van der Waals surface area contributed by atoms with E-state index in [2.05, 4.69) is 4.98 Å². The van der Waals surface area contributed by atoms with Gasteiger partial charge in [-0.2, -0.15) is 13.2 Å². The molecule has 114 valence electrons. The van der Waals surface area contributed by atoms with Gasteiger partial charge in [-0.3, -0.25) is 13.9 Å². The van der Waals surface area contributed by atoms with Crippen molar-refractivity contribution in [1.82, 2.24) is 14.1 Å². The molecular weight excluding hydrogens is 287 g/mol. The first-order chi connectivity index (χ1) is 9.77. The number of hydrogen-bond acceptors (Lipinski definition) is 3. The molecule has 0 fully saturated rings. The van der Waals surface area contributed by atoms with Gasteiger partial charge in [0.15, 0.2) is 0 Å². The fourth-order valence-corrected chi connectivity index (χ4v) is 2.05. The van der Waals surface area contributed by atoms with Gasteiger partial charge in [0.05, 0.1) is 5.39 Å². The molecule has 21 heavy (non-hydrogen) atoms. The topological polar surface area (TPSA) is 56.9 Å². The number of pyridine rings is 1. The Balaban J connectivity index is 2.76. The molecule has 2 heterocycles. The van der Waals surface area contributed by atoms with Crippen molar-refractivity contribution in [2.75, 3.05) is 0 Å². The minimum absolute atomic E-state index is 0.00111. The summed E-state index contributed by atoms with van der Waals surface area (Å²) in [7, 11) is 1.31. The van der Waals surface area contributed by atoms with Crippen LogP contribution in [0, 0.1) is 0 Å². The van der Waals surface area contributed by atoms with Crippen LogP contribution >= 0.6 is 0 Å². The zero-order chi connectivity index (χ0) is 15.8. The van der Waals surface area contributed by atoms with Crippen molar-refractivity contribution in [3.8, 4) is 0 Å². The standard InChI is InChI=1S/C13H14F3N3O2/c1-3-4-7-19-11(20)8-5-6-9(13(14,15)16)17-10(8)18(2)12(19)21/h5-6H,3-4,7H2,1-2H3. The molecular formula is C13H14F3N3O2. The van der Waals surface area contributed by atoms with Crippen LogP contribution in [0.4, 0.5) is 13.2 Å². The second-order valence-electron chi connectivity index (χ2n) is 4.72. The van der Waals surface area contributed by atoms with Crippen LogP contribution in [-0.2, 0) is 19.8 Å². The number of nitrogens with zero attached hydrogens (tertiary/aromatic N) is 3. The molecule has 0 spiro atoms. The zero-order valence-electron chi connectivity index (χ0n) is 11.6. The minimum atomic E-state index is -4.62. The lowest BCUT2D eigenvalue weighted by atomic mass is 10.2. The Morgan fingerprint density at radius 2 is 1.90 bits per heavy atom. The Hall–Kier alpha value is -2.12. The van der Waals surface area contributed by atoms with Gasteiger partial charge in [-0.15, -0.1) is 0 Å². The highest BCUT2D eigenvalue weighted by Gasteiger charge is 2.33. The maximum absolute atomic E-state index is 12.7. The highest BCUT2D eigenvalue weighted by molar-refractivity contribution is 5.74. The number of halogens is 3. The lowest BCUT2D eigenvalue weighted by Gasteiger charge is -2.11. The summed E-state index contributed by atoms with van der Waals surface area (Å²) in [6.45, 7) is 2.15. The van der Waals surface area contributed by atoms with E-state index in [4.69, 9.17) is 0 Å². The maximum Gasteiger partial charge on any atom is 0.433 e. The van der Waals surface area contributed by atoms with Crippen molar-refractivity contribution in [3.05, 3.63) is 38.7 Å². The van der Waals surface area contributed by atoms with Gasteiger partial charge in [0.2, 0.25) is 0 Å². The summed E-state index contributed by atoms with van der Waals surface area (Å²) in [5, 5.41) is 0.00111. The maximum atomic E-state index is 12.7. The lowest BCUT2D eigenvalue weighted by molar-refractivity contribution is -0.141. The summed E-state index contributed by atoms with van der Waals surface area (Å²) in [5.41, 5.74) is -2.65. The molecule has 0 aliphatic rings. The predicted molar refractivity (Wildman–Crippen MR) is 71.2 cm³/mol. The molecule has 0 N–H and O–H groups in total. The first-order valence-electron chi connectivity index (χ1n) is 6.45. The Morgan fingerprint density at radius 1 is 1.24 bits per heavy atom. The summed E-state index contributed by atoms with van der Waals surface area (Å²) in [4.78, 5) is 27.7. The normalized spacial score (nSPS) is 12.0. The molecule has 0 aliphatic heterocycles. The third kappa shape index (κ3) is 2.70. The molecule has 0 bridgehead atoms. The second-order valence-corrected chi connectivity index (χ2v) is 4.72. The van der Waals surface area contributed by atoms with Crippen molar-refractivity contribution in [3.63, 3.8) is 0 Å². The Labute approximate surface area is 117 Å². The molecule has 0 amide bonds. The van der Waals surface area contributed by atoms with Gasteiger partial charge in [0, 0.05) is 13.6 Å². The highest BCUT2D eigenvalue weighted by atomic mass is 19.4. The number of unbranched alkanes of at least 4 members (excludes halogenated alkanes) is 1. The molecule has 0 aliphatic carbocycles. The van der Waals surface area contributed by atoms with Crippen molar-refractivity contribution in [1.29, 1.82) is 0 Å². The average Bonchev–Trinajstić information content (AvgIpc) is 2.43. The van der Waals surface area contributed by atoms with Crippen molar-refractivity contribution < 1.29 is 13.2 Å². The van der Waals surface area contributed by atoms with Gasteiger partial charge >= 0.3 is 11.9 Å². The van der Waals surface area contributed by atoms with Crippen LogP contribution in [0.2, 0.25) is 0 Å². The van der Waals surface area contributed by atoms with Gasteiger partial charge in [0.1, 0.15) is 11.3 Å². The van der Waals surface area contributed by atoms with Gasteiger partial charge in [0.25, 0.3) is 5.56 Å². The zero-order valence-corrected chi connectivity index (χ0v) is 11.6. The molecule has 0 atom stereocenters. The summed E-state index contributed by atoms with van der Waals surface area (Å²) in [5.74, 6) is 0. The molecule has 5 nitrogen and oxygen atoms in total. The summed E-state index contributed by atoms with van der Waals surface area (Å²) in [6.07, 6.45) is -3.20. The van der Waals surface area contributed by atoms with E-state index >= 15 is 0 Å². The van der Waals surface area contributed by atoms with Crippen molar-refractivity contribution in [2.45, 2.75) is 32.5 Å². The van der Waals surface area contributed by atoms with E-state index in [0.29, 0.717) is 6.42 Å². The van der Waals surface area contributed by atoms with Crippen LogP contribution in [0.1, 0.15) is 25.5 Å². The smallest absolute Gasteiger partial charge is 0.280 e. The largest absolute Gasteiger partial charge is 0.433 e. The number of alkyl halides is 3. The van der Waals surface area contributed by atoms with Gasteiger partial charge in [-0.25, -0.2) is 9.78 Å². The SMILES string of the molecule is CCCCn1c(=O)c2ccc(C(F)(F)F)nc2n(C)c1=O. The van der Waals surface area contributed by atoms with Gasteiger partial charge in [-0.05, 0) is 18.6 Å². The van der Waals surface area contributed by atoms with E-state index in [0.717, 1.165) is 27.7 Å². The van der Waals surface area contributed by atoms with Crippen LogP contribution in [-0.4, -0.2) is 14.1 Å². The minimum Gasteiger partial charge on any atom is -0.280 e. The van der Waals surface area contributed by atoms with Crippen LogP contribution in [0.25, 0.3) is 11.0 Å². The summed E-state index contributed by atoms with van der Waals surface area (Å²) >= 11 is 0. The quantitative estimate of drug-likeness (QED) is 0.870. The molecule has 0 unspecified atom stereocenters. The Kier molecular flexibility index (Phi) is 3.89.